The number of aliphatic hydroxyl groups is 2. The Morgan fingerprint density at radius 3 is 2.61 bits per heavy atom. The minimum Gasteiger partial charge on any atom is -0.463 e. The molecule has 0 bridgehead atoms. The molecule has 0 aromatic heterocycles. The summed E-state index contributed by atoms with van der Waals surface area (Å²) in [4.78, 5) is 27.5. The Hall–Kier alpha value is -2.09. The standard InChI is InChI=1S/C21H31NO11/c1-11(23)27-10-16-15(29-12(2)24)6-5-13(30-16)7-8-22-28-9-14(25)18-17(26)19-20(31-18)33-21(3,4)32-19/h5-6,8,13-20,25-26H,7,9-10H2,1-4H3/b22-8+/t13-,14+,15-,16+,17-,18+,19+,20+/m0/s1. The van der Waals surface area contributed by atoms with Crippen LogP contribution >= 0.6 is 0 Å². The minimum absolute atomic E-state index is 0.0652. The summed E-state index contributed by atoms with van der Waals surface area (Å²) in [6.07, 6.45) is -1.19. The highest BCUT2D eigenvalue weighted by atomic mass is 16.8. The zero-order valence-corrected chi connectivity index (χ0v) is 19.0. The van der Waals surface area contributed by atoms with Crippen LogP contribution in [0, 0.1) is 0 Å². The Labute approximate surface area is 191 Å². The van der Waals surface area contributed by atoms with Crippen molar-refractivity contribution in [3.05, 3.63) is 12.2 Å². The van der Waals surface area contributed by atoms with Gasteiger partial charge in [0.25, 0.3) is 0 Å². The molecule has 3 heterocycles. The van der Waals surface area contributed by atoms with E-state index in [1.807, 2.05) is 0 Å². The van der Waals surface area contributed by atoms with Crippen LogP contribution in [0.2, 0.25) is 0 Å². The van der Waals surface area contributed by atoms with Crippen molar-refractivity contribution in [1.82, 2.24) is 0 Å². The molecule has 2 saturated heterocycles. The third-order valence-corrected chi connectivity index (χ3v) is 5.15. The summed E-state index contributed by atoms with van der Waals surface area (Å²) in [5, 5.41) is 24.4. The van der Waals surface area contributed by atoms with Gasteiger partial charge in [0, 0.05) is 26.5 Å². The number of carbonyl (C=O) groups is 2. The van der Waals surface area contributed by atoms with Crippen molar-refractivity contribution >= 4 is 18.2 Å². The summed E-state index contributed by atoms with van der Waals surface area (Å²) in [6, 6.07) is 0. The number of carbonyl (C=O) groups excluding carboxylic acids is 2. The summed E-state index contributed by atoms with van der Waals surface area (Å²) < 4.78 is 32.7. The smallest absolute Gasteiger partial charge is 0.303 e. The molecule has 3 rings (SSSR count). The number of ether oxygens (including phenoxy) is 6. The molecule has 0 aromatic carbocycles. The van der Waals surface area contributed by atoms with E-state index >= 15 is 0 Å². The van der Waals surface area contributed by atoms with Gasteiger partial charge in [0.2, 0.25) is 0 Å². The fraction of sp³-hybridized carbons (Fsp3) is 0.762. The van der Waals surface area contributed by atoms with Gasteiger partial charge in [0.05, 0.1) is 6.10 Å². The summed E-state index contributed by atoms with van der Waals surface area (Å²) >= 11 is 0. The van der Waals surface area contributed by atoms with E-state index in [0.29, 0.717) is 6.42 Å². The van der Waals surface area contributed by atoms with E-state index in [-0.39, 0.29) is 13.2 Å². The van der Waals surface area contributed by atoms with Crippen LogP contribution in [0.4, 0.5) is 0 Å². The monoisotopic (exact) mass is 473 g/mol. The first kappa shape index (κ1) is 25.5. The first-order valence-electron chi connectivity index (χ1n) is 10.7. The van der Waals surface area contributed by atoms with Gasteiger partial charge in [0.15, 0.2) is 12.1 Å². The molecule has 0 aromatic rings. The van der Waals surface area contributed by atoms with Crippen molar-refractivity contribution in [2.75, 3.05) is 13.2 Å². The zero-order valence-electron chi connectivity index (χ0n) is 19.0. The number of fused-ring (bicyclic) bond motifs is 1. The van der Waals surface area contributed by atoms with Gasteiger partial charge in [-0.15, -0.1) is 0 Å². The van der Waals surface area contributed by atoms with Crippen LogP contribution in [-0.2, 0) is 42.8 Å². The lowest BCUT2D eigenvalue weighted by atomic mass is 10.1. The highest BCUT2D eigenvalue weighted by molar-refractivity contribution is 5.67. The third kappa shape index (κ3) is 6.95. The molecule has 8 atom stereocenters. The Morgan fingerprint density at radius 2 is 1.94 bits per heavy atom. The normalized spacial score (nSPS) is 35.9. The molecule has 3 aliphatic rings. The molecule has 186 valence electrons. The average Bonchev–Trinajstić information content (AvgIpc) is 3.19. The highest BCUT2D eigenvalue weighted by Gasteiger charge is 2.56. The predicted octanol–water partition coefficient (Wildman–Crippen LogP) is -0.204. The molecule has 0 radical (unpaired) electrons. The maximum absolute atomic E-state index is 11.3. The SMILES string of the molecule is CC(=O)OC[C@H]1O[C@H](C/C=N/OC[C@@H](O)[C@H]2O[C@@H]3OC(C)(C)O[C@@H]3[C@H]2O)C=C[C@@H]1OC(C)=O. The molecule has 2 fully saturated rings. The van der Waals surface area contributed by atoms with Crippen LogP contribution in [-0.4, -0.2) is 96.4 Å². The van der Waals surface area contributed by atoms with Crippen LogP contribution in [0.1, 0.15) is 34.1 Å². The van der Waals surface area contributed by atoms with Crippen LogP contribution in [0.3, 0.4) is 0 Å². The molecule has 0 unspecified atom stereocenters. The van der Waals surface area contributed by atoms with Crippen molar-refractivity contribution < 1.29 is 53.1 Å². The number of esters is 2. The number of aliphatic hydroxyl groups excluding tert-OH is 2. The lowest BCUT2D eigenvalue weighted by Gasteiger charge is -2.31. The third-order valence-electron chi connectivity index (χ3n) is 5.15. The first-order chi connectivity index (χ1) is 15.6. The van der Waals surface area contributed by atoms with Gasteiger partial charge in [-0.3, -0.25) is 9.59 Å². The van der Waals surface area contributed by atoms with Gasteiger partial charge in [-0.2, -0.15) is 0 Å². The maximum atomic E-state index is 11.3. The van der Waals surface area contributed by atoms with E-state index in [2.05, 4.69) is 5.16 Å². The van der Waals surface area contributed by atoms with Gasteiger partial charge in [-0.1, -0.05) is 11.2 Å². The summed E-state index contributed by atoms with van der Waals surface area (Å²) in [5.41, 5.74) is 0. The number of rotatable bonds is 9. The van der Waals surface area contributed by atoms with Crippen molar-refractivity contribution in [2.45, 2.75) is 88.9 Å². The van der Waals surface area contributed by atoms with Gasteiger partial charge in [-0.05, 0) is 19.9 Å². The number of hydrogen-bond acceptors (Lipinski definition) is 12. The van der Waals surface area contributed by atoms with Crippen molar-refractivity contribution in [1.29, 1.82) is 0 Å². The van der Waals surface area contributed by atoms with Crippen LogP contribution in [0.25, 0.3) is 0 Å². The maximum Gasteiger partial charge on any atom is 0.303 e. The van der Waals surface area contributed by atoms with Gasteiger partial charge >= 0.3 is 11.9 Å². The van der Waals surface area contributed by atoms with Gasteiger partial charge < -0.3 is 43.5 Å². The van der Waals surface area contributed by atoms with E-state index in [0.717, 1.165) is 0 Å². The number of nitrogens with zero attached hydrogens (tertiary/aromatic N) is 1. The lowest BCUT2D eigenvalue weighted by Crippen LogP contribution is -2.42. The Balaban J connectivity index is 1.42. The van der Waals surface area contributed by atoms with E-state index in [9.17, 15) is 19.8 Å². The molecular formula is C21H31NO11. The van der Waals surface area contributed by atoms with Crippen molar-refractivity contribution in [3.63, 3.8) is 0 Å². The second kappa shape index (κ2) is 10.9. The predicted molar refractivity (Wildman–Crippen MR) is 110 cm³/mol. The molecule has 33 heavy (non-hydrogen) atoms. The minimum atomic E-state index is -1.15. The molecule has 0 saturated carbocycles. The van der Waals surface area contributed by atoms with Crippen LogP contribution in [0.15, 0.2) is 17.3 Å². The fourth-order valence-electron chi connectivity index (χ4n) is 3.73. The topological polar surface area (TPSA) is 152 Å². The molecule has 12 nitrogen and oxygen atoms in total. The van der Waals surface area contributed by atoms with E-state index in [4.69, 9.17) is 33.3 Å². The molecule has 2 N–H and O–H groups in total. The molecule has 0 spiro atoms. The molecule has 0 amide bonds. The highest BCUT2D eigenvalue weighted by Crippen LogP contribution is 2.38. The number of oxime groups is 1. The Bertz CT molecular complexity index is 754. The second-order valence-corrected chi connectivity index (χ2v) is 8.42. The lowest BCUT2D eigenvalue weighted by molar-refractivity contribution is -0.228. The Kier molecular flexibility index (Phi) is 8.43. The molecular weight excluding hydrogens is 442 g/mol. The Morgan fingerprint density at radius 1 is 1.18 bits per heavy atom. The quantitative estimate of drug-likeness (QED) is 0.198. The second-order valence-electron chi connectivity index (χ2n) is 8.42. The van der Waals surface area contributed by atoms with E-state index < -0.39 is 66.7 Å². The van der Waals surface area contributed by atoms with E-state index in [1.54, 1.807) is 26.0 Å². The molecule has 3 aliphatic heterocycles. The summed E-state index contributed by atoms with van der Waals surface area (Å²) in [7, 11) is 0. The number of hydrogen-bond donors (Lipinski definition) is 2. The average molecular weight is 473 g/mol. The van der Waals surface area contributed by atoms with Gasteiger partial charge in [-0.25, -0.2) is 0 Å². The van der Waals surface area contributed by atoms with Crippen LogP contribution < -0.4 is 0 Å². The summed E-state index contributed by atoms with van der Waals surface area (Å²) in [6.45, 7) is 5.70. The summed E-state index contributed by atoms with van der Waals surface area (Å²) in [5.74, 6) is -1.81. The zero-order chi connectivity index (χ0) is 24.2. The van der Waals surface area contributed by atoms with Gasteiger partial charge in [0.1, 0.15) is 49.8 Å². The molecule has 0 aliphatic carbocycles. The van der Waals surface area contributed by atoms with Crippen molar-refractivity contribution in [2.24, 2.45) is 5.16 Å². The van der Waals surface area contributed by atoms with Crippen LogP contribution in [0.5, 0.6) is 0 Å². The first-order valence-corrected chi connectivity index (χ1v) is 10.7. The molecule has 12 heteroatoms. The fourth-order valence-corrected chi connectivity index (χ4v) is 3.73. The van der Waals surface area contributed by atoms with Crippen molar-refractivity contribution in [3.8, 4) is 0 Å². The largest absolute Gasteiger partial charge is 0.463 e. The van der Waals surface area contributed by atoms with E-state index in [1.165, 1.54) is 20.1 Å².